The molecule has 0 aliphatic heterocycles. The van der Waals surface area contributed by atoms with E-state index in [0.717, 1.165) is 18.2 Å². The van der Waals surface area contributed by atoms with E-state index >= 15 is 0 Å². The van der Waals surface area contributed by atoms with Crippen molar-refractivity contribution in [2.24, 2.45) is 5.73 Å². The standard InChI is InChI=1S/C11H13F2NO2S/c1-16-11(15)6-17-5-10(14)8-4-7(12)2-3-9(8)13/h2-4,10H,5-6,14H2,1H3. The number of rotatable bonds is 5. The molecule has 0 radical (unpaired) electrons. The van der Waals surface area contributed by atoms with Crippen molar-refractivity contribution in [3.8, 4) is 0 Å². The Balaban J connectivity index is 2.54. The lowest BCUT2D eigenvalue weighted by Gasteiger charge is -2.12. The normalized spacial score (nSPS) is 12.2. The summed E-state index contributed by atoms with van der Waals surface area (Å²) in [7, 11) is 1.29. The summed E-state index contributed by atoms with van der Waals surface area (Å²) in [5.41, 5.74) is 5.83. The second-order valence-corrected chi connectivity index (χ2v) is 4.39. The van der Waals surface area contributed by atoms with Gasteiger partial charge in [0.25, 0.3) is 0 Å². The number of nitrogens with two attached hydrogens (primary N) is 1. The molecular formula is C11H13F2NO2S. The van der Waals surface area contributed by atoms with Gasteiger partial charge in [-0.15, -0.1) is 11.8 Å². The predicted molar refractivity (Wildman–Crippen MR) is 62.6 cm³/mol. The van der Waals surface area contributed by atoms with Gasteiger partial charge in [0.15, 0.2) is 0 Å². The van der Waals surface area contributed by atoms with Crippen molar-refractivity contribution in [2.75, 3.05) is 18.6 Å². The van der Waals surface area contributed by atoms with E-state index in [2.05, 4.69) is 4.74 Å². The first kappa shape index (κ1) is 13.9. The average molecular weight is 261 g/mol. The van der Waals surface area contributed by atoms with Gasteiger partial charge in [0.2, 0.25) is 0 Å². The van der Waals surface area contributed by atoms with Crippen molar-refractivity contribution in [1.82, 2.24) is 0 Å². The highest BCUT2D eigenvalue weighted by Gasteiger charge is 2.13. The van der Waals surface area contributed by atoms with E-state index in [1.807, 2.05) is 0 Å². The minimum Gasteiger partial charge on any atom is -0.468 e. The van der Waals surface area contributed by atoms with Crippen LogP contribution in [0.1, 0.15) is 11.6 Å². The highest BCUT2D eigenvalue weighted by atomic mass is 32.2. The monoisotopic (exact) mass is 261 g/mol. The molecule has 0 bridgehead atoms. The fraction of sp³-hybridized carbons (Fsp3) is 0.364. The molecule has 0 aromatic heterocycles. The molecule has 0 fully saturated rings. The molecule has 2 N–H and O–H groups in total. The van der Waals surface area contributed by atoms with Crippen LogP contribution in [-0.2, 0) is 9.53 Å². The molecule has 1 unspecified atom stereocenters. The molecule has 0 aliphatic rings. The van der Waals surface area contributed by atoms with E-state index in [1.54, 1.807) is 0 Å². The quantitative estimate of drug-likeness (QED) is 0.822. The summed E-state index contributed by atoms with van der Waals surface area (Å²) in [6, 6.07) is 2.49. The lowest BCUT2D eigenvalue weighted by molar-refractivity contribution is -0.137. The Morgan fingerprint density at radius 1 is 1.53 bits per heavy atom. The lowest BCUT2D eigenvalue weighted by atomic mass is 10.1. The summed E-state index contributed by atoms with van der Waals surface area (Å²) in [6.07, 6.45) is 0. The zero-order valence-corrected chi connectivity index (χ0v) is 10.1. The molecule has 0 amide bonds. The summed E-state index contributed by atoms with van der Waals surface area (Å²) in [5.74, 6) is -0.995. The third kappa shape index (κ3) is 4.32. The zero-order chi connectivity index (χ0) is 12.8. The molecule has 1 rings (SSSR count). The second-order valence-electron chi connectivity index (χ2n) is 3.36. The van der Waals surface area contributed by atoms with Crippen LogP contribution < -0.4 is 5.73 Å². The lowest BCUT2D eigenvalue weighted by Crippen LogP contribution is -2.16. The highest BCUT2D eigenvalue weighted by molar-refractivity contribution is 7.99. The molecule has 3 nitrogen and oxygen atoms in total. The number of carbonyl (C=O) groups is 1. The van der Waals surface area contributed by atoms with Gasteiger partial charge in [-0.25, -0.2) is 8.78 Å². The minimum atomic E-state index is -0.652. The Labute approximate surface area is 102 Å². The van der Waals surface area contributed by atoms with Crippen LogP contribution in [0.5, 0.6) is 0 Å². The molecule has 94 valence electrons. The summed E-state index contributed by atoms with van der Waals surface area (Å²) in [6.45, 7) is 0. The molecule has 1 atom stereocenters. The third-order valence-corrected chi connectivity index (χ3v) is 3.14. The first-order valence-electron chi connectivity index (χ1n) is 4.89. The summed E-state index contributed by atoms with van der Waals surface area (Å²) < 4.78 is 30.7. The number of halogens is 2. The van der Waals surface area contributed by atoms with Crippen LogP contribution in [0.15, 0.2) is 18.2 Å². The van der Waals surface area contributed by atoms with Crippen molar-refractivity contribution in [3.63, 3.8) is 0 Å². The molecule has 0 saturated heterocycles. The zero-order valence-electron chi connectivity index (χ0n) is 9.28. The summed E-state index contributed by atoms with van der Waals surface area (Å²) in [5, 5.41) is 0. The fourth-order valence-electron chi connectivity index (χ4n) is 1.22. The Morgan fingerprint density at radius 3 is 2.88 bits per heavy atom. The number of hydrogen-bond donors (Lipinski definition) is 1. The molecule has 0 heterocycles. The van der Waals surface area contributed by atoms with Crippen LogP contribution in [0.4, 0.5) is 8.78 Å². The molecule has 0 aliphatic carbocycles. The number of esters is 1. The minimum absolute atomic E-state index is 0.113. The Hall–Kier alpha value is -1.14. The second kappa shape index (κ2) is 6.56. The first-order valence-corrected chi connectivity index (χ1v) is 6.05. The van der Waals surface area contributed by atoms with Gasteiger partial charge in [0.05, 0.1) is 12.9 Å². The number of hydrogen-bond acceptors (Lipinski definition) is 4. The Kier molecular flexibility index (Phi) is 5.37. The Morgan fingerprint density at radius 2 is 2.24 bits per heavy atom. The maximum absolute atomic E-state index is 13.3. The molecule has 17 heavy (non-hydrogen) atoms. The average Bonchev–Trinajstić information content (AvgIpc) is 2.31. The predicted octanol–water partition coefficient (Wildman–Crippen LogP) is 1.87. The number of carbonyl (C=O) groups excluding carboxylic acids is 1. The summed E-state index contributed by atoms with van der Waals surface area (Å²) in [4.78, 5) is 10.8. The number of thioether (sulfide) groups is 1. The van der Waals surface area contributed by atoms with Gasteiger partial charge in [-0.1, -0.05) is 0 Å². The maximum atomic E-state index is 13.3. The smallest absolute Gasteiger partial charge is 0.315 e. The third-order valence-electron chi connectivity index (χ3n) is 2.10. The van der Waals surface area contributed by atoms with Gasteiger partial charge in [0.1, 0.15) is 11.6 Å². The summed E-state index contributed by atoms with van der Waals surface area (Å²) >= 11 is 1.21. The van der Waals surface area contributed by atoms with Crippen LogP contribution in [0, 0.1) is 11.6 Å². The molecule has 6 heteroatoms. The van der Waals surface area contributed by atoms with E-state index < -0.39 is 17.7 Å². The first-order chi connectivity index (χ1) is 8.04. The van der Waals surface area contributed by atoms with E-state index in [9.17, 15) is 13.6 Å². The molecule has 1 aromatic carbocycles. The van der Waals surface area contributed by atoms with Gasteiger partial charge in [0, 0.05) is 17.4 Å². The van der Waals surface area contributed by atoms with Crippen LogP contribution >= 0.6 is 11.8 Å². The fourth-order valence-corrected chi connectivity index (χ4v) is 2.05. The highest BCUT2D eigenvalue weighted by Crippen LogP contribution is 2.20. The number of methoxy groups -OCH3 is 1. The van der Waals surface area contributed by atoms with Crippen molar-refractivity contribution < 1.29 is 18.3 Å². The SMILES string of the molecule is COC(=O)CSCC(N)c1cc(F)ccc1F. The van der Waals surface area contributed by atoms with Gasteiger partial charge >= 0.3 is 5.97 Å². The maximum Gasteiger partial charge on any atom is 0.315 e. The molecular weight excluding hydrogens is 248 g/mol. The van der Waals surface area contributed by atoms with Crippen molar-refractivity contribution in [2.45, 2.75) is 6.04 Å². The largest absolute Gasteiger partial charge is 0.468 e. The van der Waals surface area contributed by atoms with Gasteiger partial charge in [-0.3, -0.25) is 4.79 Å². The van der Waals surface area contributed by atoms with Gasteiger partial charge in [-0.2, -0.15) is 0 Å². The van der Waals surface area contributed by atoms with E-state index in [4.69, 9.17) is 5.73 Å². The van der Waals surface area contributed by atoms with Gasteiger partial charge in [-0.05, 0) is 18.2 Å². The topological polar surface area (TPSA) is 52.3 Å². The molecule has 0 saturated carbocycles. The molecule has 1 aromatic rings. The van der Waals surface area contributed by atoms with Crippen molar-refractivity contribution in [3.05, 3.63) is 35.4 Å². The van der Waals surface area contributed by atoms with Crippen LogP contribution in [0.3, 0.4) is 0 Å². The number of ether oxygens (including phenoxy) is 1. The molecule has 0 spiro atoms. The van der Waals surface area contributed by atoms with Crippen LogP contribution in [-0.4, -0.2) is 24.6 Å². The van der Waals surface area contributed by atoms with E-state index in [0.29, 0.717) is 5.75 Å². The van der Waals surface area contributed by atoms with Gasteiger partial charge < -0.3 is 10.5 Å². The van der Waals surface area contributed by atoms with Crippen LogP contribution in [0.2, 0.25) is 0 Å². The number of benzene rings is 1. The van der Waals surface area contributed by atoms with E-state index in [-0.39, 0.29) is 17.3 Å². The van der Waals surface area contributed by atoms with Crippen molar-refractivity contribution >= 4 is 17.7 Å². The Bertz CT molecular complexity index is 401. The van der Waals surface area contributed by atoms with Crippen molar-refractivity contribution in [1.29, 1.82) is 0 Å². The van der Waals surface area contributed by atoms with E-state index in [1.165, 1.54) is 18.9 Å². The van der Waals surface area contributed by atoms with Crippen LogP contribution in [0.25, 0.3) is 0 Å².